The van der Waals surface area contributed by atoms with Gasteiger partial charge in [0.25, 0.3) is 0 Å². The van der Waals surface area contributed by atoms with Crippen LogP contribution in [0.2, 0.25) is 5.15 Å². The van der Waals surface area contributed by atoms with E-state index in [1.165, 1.54) is 24.5 Å². The van der Waals surface area contributed by atoms with Crippen LogP contribution in [-0.2, 0) is 0 Å². The summed E-state index contributed by atoms with van der Waals surface area (Å²) in [6, 6.07) is 5.85. The molecule has 2 heterocycles. The standard InChI is InChI=1S/C12H6ClFN4/c13-10-9-12(16-6-5-15-9)18-11(17-10)7-1-3-8(14)4-2-7/h1-6H. The highest BCUT2D eigenvalue weighted by Crippen LogP contribution is 2.22. The van der Waals surface area contributed by atoms with Gasteiger partial charge >= 0.3 is 0 Å². The number of rotatable bonds is 1. The molecule has 1 aromatic carbocycles. The van der Waals surface area contributed by atoms with Gasteiger partial charge in [0.1, 0.15) is 11.3 Å². The number of aromatic nitrogens is 4. The van der Waals surface area contributed by atoms with E-state index in [0.29, 0.717) is 22.6 Å². The van der Waals surface area contributed by atoms with Crippen LogP contribution in [0.15, 0.2) is 36.7 Å². The van der Waals surface area contributed by atoms with Gasteiger partial charge in [0.15, 0.2) is 16.6 Å². The Kier molecular flexibility index (Phi) is 2.60. The van der Waals surface area contributed by atoms with Gasteiger partial charge in [0, 0.05) is 18.0 Å². The predicted molar refractivity (Wildman–Crippen MR) is 65.5 cm³/mol. The van der Waals surface area contributed by atoms with Gasteiger partial charge in [-0.25, -0.2) is 24.3 Å². The molecule has 3 rings (SSSR count). The van der Waals surface area contributed by atoms with Crippen molar-refractivity contribution in [3.63, 3.8) is 0 Å². The molecule has 0 N–H and O–H groups in total. The molecule has 0 saturated carbocycles. The van der Waals surface area contributed by atoms with E-state index >= 15 is 0 Å². The Morgan fingerprint density at radius 1 is 0.944 bits per heavy atom. The maximum absolute atomic E-state index is 12.8. The van der Waals surface area contributed by atoms with Crippen molar-refractivity contribution in [1.82, 2.24) is 19.9 Å². The number of benzene rings is 1. The summed E-state index contributed by atoms with van der Waals surface area (Å²) in [5.74, 6) is 0.0819. The van der Waals surface area contributed by atoms with Crippen molar-refractivity contribution in [2.24, 2.45) is 0 Å². The van der Waals surface area contributed by atoms with Gasteiger partial charge in [-0.05, 0) is 24.3 Å². The van der Waals surface area contributed by atoms with E-state index in [9.17, 15) is 4.39 Å². The first-order chi connectivity index (χ1) is 8.74. The maximum atomic E-state index is 12.8. The zero-order valence-corrected chi connectivity index (χ0v) is 9.76. The fourth-order valence-corrected chi connectivity index (χ4v) is 1.77. The molecule has 6 heteroatoms. The largest absolute Gasteiger partial charge is 0.248 e. The average molecular weight is 261 g/mol. The molecule has 0 amide bonds. The lowest BCUT2D eigenvalue weighted by Crippen LogP contribution is -1.95. The highest BCUT2D eigenvalue weighted by atomic mass is 35.5. The first kappa shape index (κ1) is 11.0. The second-order valence-electron chi connectivity index (χ2n) is 3.57. The van der Waals surface area contributed by atoms with Gasteiger partial charge in [-0.1, -0.05) is 11.6 Å². The summed E-state index contributed by atoms with van der Waals surface area (Å²) in [6.45, 7) is 0. The topological polar surface area (TPSA) is 51.6 Å². The molecule has 0 bridgehead atoms. The van der Waals surface area contributed by atoms with E-state index in [-0.39, 0.29) is 11.0 Å². The van der Waals surface area contributed by atoms with Crippen LogP contribution in [0.1, 0.15) is 0 Å². The third-order valence-electron chi connectivity index (χ3n) is 2.39. The van der Waals surface area contributed by atoms with Crippen molar-refractivity contribution >= 4 is 22.8 Å². The normalized spacial score (nSPS) is 10.8. The van der Waals surface area contributed by atoms with Crippen molar-refractivity contribution in [3.8, 4) is 11.4 Å². The van der Waals surface area contributed by atoms with Crippen molar-refractivity contribution < 1.29 is 4.39 Å². The number of halogens is 2. The highest BCUT2D eigenvalue weighted by molar-refractivity contribution is 6.33. The van der Waals surface area contributed by atoms with E-state index < -0.39 is 0 Å². The van der Waals surface area contributed by atoms with Crippen LogP contribution in [0, 0.1) is 5.82 Å². The third-order valence-corrected chi connectivity index (χ3v) is 2.66. The summed E-state index contributed by atoms with van der Waals surface area (Å²) >= 11 is 6.02. The minimum Gasteiger partial charge on any atom is -0.248 e. The van der Waals surface area contributed by atoms with Gasteiger partial charge in [-0.3, -0.25) is 0 Å². The van der Waals surface area contributed by atoms with Gasteiger partial charge < -0.3 is 0 Å². The van der Waals surface area contributed by atoms with E-state index in [1.54, 1.807) is 12.1 Å². The average Bonchev–Trinajstić information content (AvgIpc) is 2.39. The number of nitrogens with zero attached hydrogens (tertiary/aromatic N) is 4. The quantitative estimate of drug-likeness (QED) is 0.631. The molecule has 0 aliphatic carbocycles. The fourth-order valence-electron chi connectivity index (χ4n) is 1.56. The highest BCUT2D eigenvalue weighted by Gasteiger charge is 2.09. The Labute approximate surface area is 107 Å². The summed E-state index contributed by atoms with van der Waals surface area (Å²) < 4.78 is 12.8. The van der Waals surface area contributed by atoms with Gasteiger partial charge in [0.2, 0.25) is 0 Å². The lowest BCUT2D eigenvalue weighted by atomic mass is 10.2. The summed E-state index contributed by atoms with van der Waals surface area (Å²) in [7, 11) is 0. The second-order valence-corrected chi connectivity index (χ2v) is 3.93. The van der Waals surface area contributed by atoms with Crippen molar-refractivity contribution in [2.45, 2.75) is 0 Å². The van der Waals surface area contributed by atoms with Gasteiger partial charge in [0.05, 0.1) is 0 Å². The molecule has 0 atom stereocenters. The fraction of sp³-hybridized carbons (Fsp3) is 0. The van der Waals surface area contributed by atoms with Crippen LogP contribution < -0.4 is 0 Å². The maximum Gasteiger partial charge on any atom is 0.183 e. The van der Waals surface area contributed by atoms with E-state index in [2.05, 4.69) is 19.9 Å². The second kappa shape index (κ2) is 4.27. The lowest BCUT2D eigenvalue weighted by Gasteiger charge is -2.02. The minimum atomic E-state index is -0.314. The van der Waals surface area contributed by atoms with Crippen molar-refractivity contribution in [3.05, 3.63) is 47.6 Å². The monoisotopic (exact) mass is 260 g/mol. The Morgan fingerprint density at radius 3 is 2.44 bits per heavy atom. The summed E-state index contributed by atoms with van der Waals surface area (Å²) in [6.07, 6.45) is 3.05. The molecule has 18 heavy (non-hydrogen) atoms. The third kappa shape index (κ3) is 1.89. The molecular formula is C12H6ClFN4. The molecule has 2 aromatic heterocycles. The van der Waals surface area contributed by atoms with E-state index in [4.69, 9.17) is 11.6 Å². The van der Waals surface area contributed by atoms with Crippen LogP contribution in [0.25, 0.3) is 22.6 Å². The molecule has 4 nitrogen and oxygen atoms in total. The SMILES string of the molecule is Fc1ccc(-c2nc(Cl)c3nccnc3n2)cc1. The molecule has 0 aliphatic heterocycles. The summed E-state index contributed by atoms with van der Waals surface area (Å²) in [5, 5.41) is 0.229. The summed E-state index contributed by atoms with van der Waals surface area (Å²) in [4.78, 5) is 16.5. The molecule has 88 valence electrons. The first-order valence-electron chi connectivity index (χ1n) is 5.14. The molecule has 3 aromatic rings. The van der Waals surface area contributed by atoms with Crippen molar-refractivity contribution in [1.29, 1.82) is 0 Å². The number of hydrogen-bond donors (Lipinski definition) is 0. The Bertz CT molecular complexity index is 715. The minimum absolute atomic E-state index is 0.229. The van der Waals surface area contributed by atoms with Gasteiger partial charge in [-0.15, -0.1) is 0 Å². The van der Waals surface area contributed by atoms with Crippen LogP contribution in [0.3, 0.4) is 0 Å². The molecule has 0 saturated heterocycles. The number of fused-ring (bicyclic) bond motifs is 1. The van der Waals surface area contributed by atoms with Crippen LogP contribution in [0.4, 0.5) is 4.39 Å². The first-order valence-corrected chi connectivity index (χ1v) is 5.52. The summed E-state index contributed by atoms with van der Waals surface area (Å²) in [5.41, 5.74) is 1.53. The van der Waals surface area contributed by atoms with Crippen LogP contribution in [-0.4, -0.2) is 19.9 Å². The molecular weight excluding hydrogens is 255 g/mol. The molecule has 0 unspecified atom stereocenters. The van der Waals surface area contributed by atoms with E-state index in [1.807, 2.05) is 0 Å². The molecule has 0 radical (unpaired) electrons. The van der Waals surface area contributed by atoms with Crippen LogP contribution >= 0.6 is 11.6 Å². The van der Waals surface area contributed by atoms with Gasteiger partial charge in [-0.2, -0.15) is 0 Å². The zero-order valence-electron chi connectivity index (χ0n) is 9.01. The molecule has 0 fully saturated rings. The smallest absolute Gasteiger partial charge is 0.183 e. The lowest BCUT2D eigenvalue weighted by molar-refractivity contribution is 0.628. The Hall–Kier alpha value is -2.14. The van der Waals surface area contributed by atoms with Crippen molar-refractivity contribution in [2.75, 3.05) is 0 Å². The Morgan fingerprint density at radius 2 is 1.67 bits per heavy atom. The molecule has 0 aliphatic rings. The molecule has 0 spiro atoms. The number of hydrogen-bond acceptors (Lipinski definition) is 4. The zero-order chi connectivity index (χ0) is 12.5. The predicted octanol–water partition coefficient (Wildman–Crippen LogP) is 2.88. The van der Waals surface area contributed by atoms with Crippen LogP contribution in [0.5, 0.6) is 0 Å². The van der Waals surface area contributed by atoms with E-state index in [0.717, 1.165) is 0 Å². The Balaban J connectivity index is 2.21.